The molecule has 0 saturated carbocycles. The Hall–Kier alpha value is -0.460. The van der Waals surface area contributed by atoms with Crippen molar-refractivity contribution in [2.75, 3.05) is 7.11 Å². The van der Waals surface area contributed by atoms with E-state index in [4.69, 9.17) is 0 Å². The van der Waals surface area contributed by atoms with Crippen molar-refractivity contribution in [3.63, 3.8) is 0 Å². The van der Waals surface area contributed by atoms with Gasteiger partial charge in [0.25, 0.3) is 0 Å². The number of allylic oxidation sites excluding steroid dienone is 1. The minimum absolute atomic E-state index is 0.994. The Balaban J connectivity index is 2.73. The Morgan fingerprint density at radius 1 is 1.83 bits per heavy atom. The third kappa shape index (κ3) is 3.54. The van der Waals surface area contributed by atoms with Gasteiger partial charge in [-0.15, -0.1) is 0 Å². The van der Waals surface area contributed by atoms with Crippen LogP contribution in [0.4, 0.5) is 0 Å². The van der Waals surface area contributed by atoms with Gasteiger partial charge in [0.15, 0.2) is 6.26 Å². The summed E-state index contributed by atoms with van der Waals surface area (Å²) in [6, 6.07) is 0. The van der Waals surface area contributed by atoms with Gasteiger partial charge in [-0.3, -0.25) is 0 Å². The number of ether oxygens (including phenoxy) is 1. The first-order chi connectivity index (χ1) is 2.91. The lowest BCUT2D eigenvalue weighted by Gasteiger charge is -1.77. The Labute approximate surface area is 38.6 Å². The lowest BCUT2D eigenvalue weighted by atomic mass is 10.5. The number of hydrogen-bond acceptors (Lipinski definition) is 1. The number of methoxy groups -OCH3 is 1. The summed E-state index contributed by atoms with van der Waals surface area (Å²) in [5.41, 5.74) is 0. The molecule has 0 N–H and O–H groups in total. The Bertz CT molecular complexity index is 33.2. The molecule has 0 rings (SSSR count). The average molecular weight is 85.1 g/mol. The third-order valence-corrected chi connectivity index (χ3v) is 0.405. The van der Waals surface area contributed by atoms with E-state index in [0.29, 0.717) is 0 Å². The molecule has 0 aliphatic heterocycles. The van der Waals surface area contributed by atoms with Crippen LogP contribution in [0.2, 0.25) is 0 Å². The van der Waals surface area contributed by atoms with Gasteiger partial charge in [0, 0.05) is 0 Å². The lowest BCUT2D eigenvalue weighted by Crippen LogP contribution is -1.62. The van der Waals surface area contributed by atoms with Crippen molar-refractivity contribution in [2.45, 2.75) is 13.3 Å². The zero-order chi connectivity index (χ0) is 4.83. The average Bonchev–Trinajstić information content (AvgIpc) is 1.61. The van der Waals surface area contributed by atoms with Crippen molar-refractivity contribution in [1.29, 1.82) is 0 Å². The molecule has 35 valence electrons. The summed E-state index contributed by atoms with van der Waals surface area (Å²) < 4.78 is 4.48. The molecule has 0 aromatic carbocycles. The highest BCUT2D eigenvalue weighted by molar-refractivity contribution is 4.61. The van der Waals surface area contributed by atoms with Crippen LogP contribution in [0.15, 0.2) is 6.08 Å². The SMILES string of the molecule is CC/C=[C]\OC. The molecule has 0 heterocycles. The molecule has 0 aromatic heterocycles. The van der Waals surface area contributed by atoms with Crippen LogP contribution < -0.4 is 0 Å². The molecular formula is C5H9O. The Morgan fingerprint density at radius 3 is 2.67 bits per heavy atom. The van der Waals surface area contributed by atoms with Crippen LogP contribution in [0.25, 0.3) is 0 Å². The largest absolute Gasteiger partial charge is 0.493 e. The fourth-order valence-electron chi connectivity index (χ4n) is 0.167. The second kappa shape index (κ2) is 4.54. The summed E-state index contributed by atoms with van der Waals surface area (Å²) in [6.45, 7) is 2.03. The second-order valence-corrected chi connectivity index (χ2v) is 0.934. The van der Waals surface area contributed by atoms with Crippen LogP contribution in [0.5, 0.6) is 0 Å². The zero-order valence-corrected chi connectivity index (χ0v) is 4.19. The maximum absolute atomic E-state index is 4.48. The van der Waals surface area contributed by atoms with Gasteiger partial charge in [0.2, 0.25) is 0 Å². The van der Waals surface area contributed by atoms with E-state index in [1.807, 2.05) is 13.0 Å². The number of rotatable bonds is 2. The summed E-state index contributed by atoms with van der Waals surface area (Å²) in [7, 11) is 1.59. The van der Waals surface area contributed by atoms with Gasteiger partial charge in [-0.05, 0) is 12.5 Å². The van der Waals surface area contributed by atoms with E-state index >= 15 is 0 Å². The Kier molecular flexibility index (Phi) is 4.19. The summed E-state index contributed by atoms with van der Waals surface area (Å²) in [4.78, 5) is 0. The Morgan fingerprint density at radius 2 is 2.50 bits per heavy atom. The molecule has 0 unspecified atom stereocenters. The van der Waals surface area contributed by atoms with Crippen molar-refractivity contribution in [3.05, 3.63) is 12.3 Å². The lowest BCUT2D eigenvalue weighted by molar-refractivity contribution is 0.311. The van der Waals surface area contributed by atoms with Crippen LogP contribution >= 0.6 is 0 Å². The van der Waals surface area contributed by atoms with Gasteiger partial charge >= 0.3 is 0 Å². The molecule has 1 radical (unpaired) electrons. The van der Waals surface area contributed by atoms with Gasteiger partial charge in [-0.2, -0.15) is 0 Å². The van der Waals surface area contributed by atoms with Gasteiger partial charge in [0.1, 0.15) is 0 Å². The second-order valence-electron chi connectivity index (χ2n) is 0.934. The molecular weight excluding hydrogens is 76.1 g/mol. The molecule has 0 aliphatic carbocycles. The summed E-state index contributed by atoms with van der Waals surface area (Å²) >= 11 is 0. The van der Waals surface area contributed by atoms with E-state index in [-0.39, 0.29) is 0 Å². The number of hydrogen-bond donors (Lipinski definition) is 0. The van der Waals surface area contributed by atoms with E-state index in [0.717, 1.165) is 6.42 Å². The van der Waals surface area contributed by atoms with E-state index in [9.17, 15) is 0 Å². The fraction of sp³-hybridized carbons (Fsp3) is 0.600. The maximum atomic E-state index is 4.48. The van der Waals surface area contributed by atoms with Crippen LogP contribution in [-0.4, -0.2) is 7.11 Å². The van der Waals surface area contributed by atoms with E-state index in [1.54, 1.807) is 7.11 Å². The molecule has 0 aliphatic rings. The minimum Gasteiger partial charge on any atom is -0.493 e. The van der Waals surface area contributed by atoms with E-state index in [2.05, 4.69) is 11.0 Å². The molecule has 6 heavy (non-hydrogen) atoms. The van der Waals surface area contributed by atoms with Crippen LogP contribution in [-0.2, 0) is 4.74 Å². The van der Waals surface area contributed by atoms with Crippen LogP contribution in [0.3, 0.4) is 0 Å². The highest BCUT2D eigenvalue weighted by atomic mass is 16.5. The molecule has 1 nitrogen and oxygen atoms in total. The first-order valence-corrected chi connectivity index (χ1v) is 2.02. The summed E-state index contributed by atoms with van der Waals surface area (Å²) in [5.74, 6) is 0. The standard InChI is InChI=1S/C5H9O/c1-3-4-5-6-2/h4H,3H2,1-2H3. The predicted molar refractivity (Wildman–Crippen MR) is 25.1 cm³/mol. The van der Waals surface area contributed by atoms with Gasteiger partial charge in [0.05, 0.1) is 7.11 Å². The van der Waals surface area contributed by atoms with Gasteiger partial charge in [-0.1, -0.05) is 6.92 Å². The molecule has 0 bridgehead atoms. The third-order valence-electron chi connectivity index (χ3n) is 0.405. The van der Waals surface area contributed by atoms with Crippen molar-refractivity contribution in [2.24, 2.45) is 0 Å². The highest BCUT2D eigenvalue weighted by Crippen LogP contribution is 1.75. The molecule has 0 spiro atoms. The smallest absolute Gasteiger partial charge is 0.156 e. The summed E-state index contributed by atoms with van der Waals surface area (Å²) in [5, 5.41) is 0. The van der Waals surface area contributed by atoms with E-state index < -0.39 is 0 Å². The fourth-order valence-corrected chi connectivity index (χ4v) is 0.167. The summed E-state index contributed by atoms with van der Waals surface area (Å²) in [6.07, 6.45) is 5.40. The van der Waals surface area contributed by atoms with Crippen molar-refractivity contribution in [3.8, 4) is 0 Å². The first kappa shape index (κ1) is 5.54. The normalized spacial score (nSPS) is 9.67. The van der Waals surface area contributed by atoms with E-state index in [1.165, 1.54) is 0 Å². The van der Waals surface area contributed by atoms with Crippen LogP contribution in [0.1, 0.15) is 13.3 Å². The minimum atomic E-state index is 0.994. The topological polar surface area (TPSA) is 9.23 Å². The molecule has 0 aromatic rings. The highest BCUT2D eigenvalue weighted by Gasteiger charge is 1.60. The van der Waals surface area contributed by atoms with Gasteiger partial charge in [-0.25, -0.2) is 0 Å². The van der Waals surface area contributed by atoms with Crippen molar-refractivity contribution < 1.29 is 4.74 Å². The molecule has 0 amide bonds. The van der Waals surface area contributed by atoms with Crippen molar-refractivity contribution in [1.82, 2.24) is 0 Å². The predicted octanol–water partition coefficient (Wildman–Crippen LogP) is 1.36. The van der Waals surface area contributed by atoms with Gasteiger partial charge < -0.3 is 4.74 Å². The van der Waals surface area contributed by atoms with Crippen LogP contribution in [0, 0.1) is 6.26 Å². The molecule has 0 atom stereocenters. The molecule has 0 fully saturated rings. The molecule has 0 saturated heterocycles. The molecule has 1 heteroatoms. The quantitative estimate of drug-likeness (QED) is 0.460. The first-order valence-electron chi connectivity index (χ1n) is 2.02. The maximum Gasteiger partial charge on any atom is 0.156 e. The van der Waals surface area contributed by atoms with Crippen molar-refractivity contribution >= 4 is 0 Å². The monoisotopic (exact) mass is 85.1 g/mol. The zero-order valence-electron chi connectivity index (χ0n) is 4.19.